The van der Waals surface area contributed by atoms with Crippen LogP contribution in [0, 0.1) is 0 Å². The van der Waals surface area contributed by atoms with E-state index < -0.39 is 7.82 Å². The molecule has 11 heavy (non-hydrogen) atoms. The summed E-state index contributed by atoms with van der Waals surface area (Å²) in [7, 11) is -4.64. The number of hydrogen-bond donors (Lipinski definition) is 3. The molecular weight excluding hydrogens is 207 g/mol. The van der Waals surface area contributed by atoms with Crippen molar-refractivity contribution in [3.05, 3.63) is 0 Å². The Bertz CT molecular complexity index is 85.3. The molecule has 0 aliphatic carbocycles. The van der Waals surface area contributed by atoms with Gasteiger partial charge in [-0.1, -0.05) is 0 Å². The monoisotopic (exact) mass is 212 g/mol. The summed E-state index contributed by atoms with van der Waals surface area (Å²) in [5.74, 6) is 0. The first kappa shape index (κ1) is 38.8. The molecule has 0 aliphatic rings. The molecular formula is H5AlF2LiMgO5P. The summed E-state index contributed by atoms with van der Waals surface area (Å²) in [6, 6.07) is 0. The average Bonchev–Trinajstić information content (AvgIpc) is 1.36. The molecule has 0 saturated heterocycles. The molecule has 3 N–H and O–H groups in total. The molecule has 0 aromatic rings. The van der Waals surface area contributed by atoms with Crippen LogP contribution < -0.4 is 28.3 Å². The van der Waals surface area contributed by atoms with Crippen LogP contribution in [0.25, 0.3) is 0 Å². The molecule has 0 unspecified atom stereocenters. The quantitative estimate of drug-likeness (QED) is 0.274. The molecule has 0 aromatic carbocycles. The molecule has 11 heteroatoms. The zero-order chi connectivity index (χ0) is 6.50. The second-order valence-corrected chi connectivity index (χ2v) is 1.54. The third-order valence-corrected chi connectivity index (χ3v) is 0. The Hall–Kier alpha value is 1.67. The Labute approximate surface area is 99.4 Å². The molecule has 0 saturated carbocycles. The van der Waals surface area contributed by atoms with E-state index in [9.17, 15) is 0 Å². The predicted molar refractivity (Wildman–Crippen MR) is 29.0 cm³/mol. The van der Waals surface area contributed by atoms with Gasteiger partial charge in [0.1, 0.15) is 0 Å². The predicted octanol–water partition coefficient (Wildman–Crippen LogP) is -11.0. The van der Waals surface area contributed by atoms with Crippen molar-refractivity contribution < 1.29 is 52.7 Å². The van der Waals surface area contributed by atoms with Gasteiger partial charge in [-0.2, -0.15) is 0 Å². The van der Waals surface area contributed by atoms with E-state index in [2.05, 4.69) is 0 Å². The molecule has 0 atom stereocenters. The van der Waals surface area contributed by atoms with Crippen LogP contribution >= 0.6 is 7.82 Å². The van der Waals surface area contributed by atoms with E-state index in [0.29, 0.717) is 16.2 Å². The number of phosphoric acid groups is 1. The maximum absolute atomic E-state index is 8.88. The van der Waals surface area contributed by atoms with Crippen LogP contribution in [0.2, 0.25) is 0 Å². The molecule has 0 heterocycles. The van der Waals surface area contributed by atoms with Gasteiger partial charge >= 0.3 is 69.8 Å². The second kappa shape index (κ2) is 22.6. The summed E-state index contributed by atoms with van der Waals surface area (Å²) in [6.07, 6.45) is 0. The van der Waals surface area contributed by atoms with Crippen LogP contribution in [0.4, 0.5) is 0 Å². The van der Waals surface area contributed by atoms with Gasteiger partial charge in [0.15, 0.2) is 0 Å². The Kier molecular flexibility index (Phi) is 79.6. The molecule has 0 fully saturated rings. The number of halogens is 2. The molecule has 5 nitrogen and oxygen atoms in total. The van der Waals surface area contributed by atoms with Crippen LogP contribution in [-0.4, -0.2) is 54.0 Å². The third kappa shape index (κ3) is 393. The van der Waals surface area contributed by atoms with Gasteiger partial charge in [0, 0.05) is 0 Å². The fraction of sp³-hybridized carbons (Fsp3) is 0. The Morgan fingerprint density at radius 3 is 1.09 bits per heavy atom. The SMILES string of the molecule is O=P(O)(O)O.[F-].[F-].[H-].[Li+].[Mg+2].[O]=[AlH]. The van der Waals surface area contributed by atoms with Gasteiger partial charge in [-0.15, -0.1) is 0 Å². The van der Waals surface area contributed by atoms with Gasteiger partial charge in [-0.05, 0) is 0 Å². The van der Waals surface area contributed by atoms with E-state index in [1.165, 1.54) is 0 Å². The van der Waals surface area contributed by atoms with Gasteiger partial charge in [-0.25, -0.2) is 4.57 Å². The minimum atomic E-state index is -4.64. The number of hydrogen-bond acceptors (Lipinski definition) is 2. The summed E-state index contributed by atoms with van der Waals surface area (Å²) >= 11 is 0.611. The maximum atomic E-state index is 8.88. The first-order valence-corrected chi connectivity index (χ1v) is 3.21. The third-order valence-electron chi connectivity index (χ3n) is 0. The molecule has 0 radical (unpaired) electrons. The topological polar surface area (TPSA) is 94.8 Å². The normalized spacial score (nSPS) is 5.64. The molecule has 0 spiro atoms. The van der Waals surface area contributed by atoms with Crippen LogP contribution in [0.5, 0.6) is 0 Å². The Morgan fingerprint density at radius 1 is 1.09 bits per heavy atom. The van der Waals surface area contributed by atoms with Crippen molar-refractivity contribution in [1.29, 1.82) is 0 Å². The fourth-order valence-electron chi connectivity index (χ4n) is 0. The summed E-state index contributed by atoms with van der Waals surface area (Å²) in [5.41, 5.74) is 0. The fourth-order valence-corrected chi connectivity index (χ4v) is 0. The van der Waals surface area contributed by atoms with Crippen LogP contribution in [0.1, 0.15) is 1.43 Å². The zero-order valence-electron chi connectivity index (χ0n) is 6.78. The van der Waals surface area contributed by atoms with Crippen molar-refractivity contribution in [1.82, 2.24) is 0 Å². The molecule has 0 amide bonds. The van der Waals surface area contributed by atoms with Gasteiger partial charge in [0.2, 0.25) is 0 Å². The Morgan fingerprint density at radius 2 is 1.09 bits per heavy atom. The number of rotatable bonds is 0. The van der Waals surface area contributed by atoms with Gasteiger partial charge in [0.05, 0.1) is 0 Å². The van der Waals surface area contributed by atoms with E-state index in [1.807, 2.05) is 0 Å². The average molecular weight is 212 g/mol. The van der Waals surface area contributed by atoms with E-state index >= 15 is 0 Å². The molecule has 60 valence electrons. The van der Waals surface area contributed by atoms with Crippen LogP contribution in [-0.2, 0) is 8.37 Å². The van der Waals surface area contributed by atoms with Crippen molar-refractivity contribution in [2.24, 2.45) is 0 Å². The molecule has 0 rings (SSSR count). The van der Waals surface area contributed by atoms with E-state index in [4.69, 9.17) is 23.0 Å². The standard InChI is InChI=1S/Al.2FH.Li.Mg.H3O4P.O.2H/c;;;;;1-5(2,3)4;;;/h;2*1H;;;(H3,1,2,3,4);;;/q;;;+1;+2;;;;-1/p-2. The van der Waals surface area contributed by atoms with Crippen molar-refractivity contribution in [2.75, 3.05) is 0 Å². The molecule has 0 aromatic heterocycles. The Balaban J connectivity index is -0.00000000671. The van der Waals surface area contributed by atoms with Crippen molar-refractivity contribution >= 4 is 47.1 Å². The first-order chi connectivity index (χ1) is 3.00. The second-order valence-electron chi connectivity index (χ2n) is 0.513. The minimum absolute atomic E-state index is 0. The van der Waals surface area contributed by atoms with E-state index in [0.717, 1.165) is 0 Å². The van der Waals surface area contributed by atoms with Crippen LogP contribution in [0.15, 0.2) is 0 Å². The van der Waals surface area contributed by atoms with Crippen molar-refractivity contribution in [2.45, 2.75) is 0 Å². The van der Waals surface area contributed by atoms with E-state index in [1.54, 1.807) is 0 Å². The molecule has 0 bridgehead atoms. The van der Waals surface area contributed by atoms with Gasteiger partial charge in [-0.3, -0.25) is 0 Å². The van der Waals surface area contributed by atoms with Gasteiger partial charge < -0.3 is 25.5 Å². The van der Waals surface area contributed by atoms with E-state index in [-0.39, 0.29) is 52.7 Å². The van der Waals surface area contributed by atoms with Crippen molar-refractivity contribution in [3.63, 3.8) is 0 Å². The van der Waals surface area contributed by atoms with Crippen LogP contribution in [0.3, 0.4) is 0 Å². The molecule has 0 aliphatic heterocycles. The summed E-state index contributed by atoms with van der Waals surface area (Å²) in [6.45, 7) is 0. The zero-order valence-corrected chi connectivity index (χ0v) is 9.50. The van der Waals surface area contributed by atoms with Crippen molar-refractivity contribution in [3.8, 4) is 0 Å². The summed E-state index contributed by atoms with van der Waals surface area (Å²) in [4.78, 5) is 21.6. The summed E-state index contributed by atoms with van der Waals surface area (Å²) < 4.78 is 17.2. The first-order valence-electron chi connectivity index (χ1n) is 1.07. The van der Waals surface area contributed by atoms with Gasteiger partial charge in [0.25, 0.3) is 0 Å². The summed E-state index contributed by atoms with van der Waals surface area (Å²) in [5, 5.41) is 0.